The van der Waals surface area contributed by atoms with Crippen molar-refractivity contribution in [1.82, 2.24) is 30.7 Å². The number of ether oxygens (including phenoxy) is 2. The second-order valence-electron chi connectivity index (χ2n) is 9.27. The number of piperidine rings is 1. The number of aromatic nitrogens is 5. The average Bonchev–Trinajstić information content (AvgIpc) is 3.21. The van der Waals surface area contributed by atoms with E-state index in [1.165, 1.54) is 0 Å². The van der Waals surface area contributed by atoms with Crippen molar-refractivity contribution in [2.75, 3.05) is 6.61 Å². The number of nitrogens with one attached hydrogen (secondary N) is 2. The Morgan fingerprint density at radius 3 is 2.35 bits per heavy atom. The van der Waals surface area contributed by atoms with E-state index in [0.717, 1.165) is 24.0 Å². The van der Waals surface area contributed by atoms with Crippen LogP contribution in [0.3, 0.4) is 0 Å². The molecular weight excluding hydrogens is 392 g/mol. The molecule has 1 fully saturated rings. The molecule has 2 N–H and O–H groups in total. The Balaban J connectivity index is 1.52. The molecule has 0 atom stereocenters. The average molecular weight is 423 g/mol. The summed E-state index contributed by atoms with van der Waals surface area (Å²) in [4.78, 5) is 4.66. The van der Waals surface area contributed by atoms with Crippen LogP contribution in [0.4, 0.5) is 0 Å². The molecule has 1 aliphatic rings. The highest BCUT2D eigenvalue weighted by molar-refractivity contribution is 5.70. The molecule has 0 spiro atoms. The van der Waals surface area contributed by atoms with E-state index in [-0.39, 0.29) is 17.2 Å². The topological polar surface area (TPSA) is 97.8 Å². The summed E-state index contributed by atoms with van der Waals surface area (Å²) in [6.45, 7) is 11.3. The Bertz CT molecular complexity index is 999. The highest BCUT2D eigenvalue weighted by atomic mass is 16.5. The van der Waals surface area contributed by atoms with Crippen molar-refractivity contribution in [2.24, 2.45) is 0 Å². The minimum atomic E-state index is 0.0100. The van der Waals surface area contributed by atoms with Crippen LogP contribution in [0.25, 0.3) is 22.5 Å². The molecule has 3 aromatic rings. The normalized spacial score (nSPS) is 18.0. The first-order valence-corrected chi connectivity index (χ1v) is 10.7. The Labute approximate surface area is 182 Å². The predicted molar refractivity (Wildman–Crippen MR) is 119 cm³/mol. The van der Waals surface area contributed by atoms with Crippen LogP contribution in [0.1, 0.15) is 47.5 Å². The van der Waals surface area contributed by atoms with E-state index in [9.17, 15) is 0 Å². The lowest BCUT2D eigenvalue weighted by Gasteiger charge is -2.46. The van der Waals surface area contributed by atoms with Crippen molar-refractivity contribution >= 4 is 0 Å². The fraction of sp³-hybridized carbons (Fsp3) is 0.478. The van der Waals surface area contributed by atoms with Crippen LogP contribution in [0.5, 0.6) is 11.8 Å². The van der Waals surface area contributed by atoms with E-state index >= 15 is 0 Å². The van der Waals surface area contributed by atoms with Crippen LogP contribution in [0, 0.1) is 0 Å². The molecule has 0 saturated carbocycles. The van der Waals surface area contributed by atoms with Gasteiger partial charge in [-0.15, -0.1) is 10.2 Å². The molecule has 1 saturated heterocycles. The van der Waals surface area contributed by atoms with Crippen molar-refractivity contribution in [1.29, 1.82) is 0 Å². The van der Waals surface area contributed by atoms with Gasteiger partial charge in [0.1, 0.15) is 11.8 Å². The van der Waals surface area contributed by atoms with Gasteiger partial charge in [0.25, 0.3) is 0 Å². The standard InChI is InChI=1S/C23H30N6O2/c1-6-30-21-17(15-13-24-25-14-15)7-8-18(26-21)19-9-10-20(28-27-19)31-16-11-22(2,3)29-23(4,5)12-16/h7-10,13-14,16,29H,6,11-12H2,1-5H3,(H,24,25). The number of hydrogen-bond acceptors (Lipinski definition) is 7. The summed E-state index contributed by atoms with van der Waals surface area (Å²) < 4.78 is 11.9. The monoisotopic (exact) mass is 422 g/mol. The molecule has 4 rings (SSSR count). The highest BCUT2D eigenvalue weighted by Crippen LogP contribution is 2.32. The van der Waals surface area contributed by atoms with Crippen LogP contribution in [-0.2, 0) is 0 Å². The van der Waals surface area contributed by atoms with Crippen LogP contribution in [-0.4, -0.2) is 49.2 Å². The molecule has 0 amide bonds. The zero-order chi connectivity index (χ0) is 22.1. The van der Waals surface area contributed by atoms with Crippen molar-refractivity contribution in [3.8, 4) is 34.3 Å². The number of rotatable bonds is 6. The van der Waals surface area contributed by atoms with E-state index in [4.69, 9.17) is 9.47 Å². The van der Waals surface area contributed by atoms with Crippen molar-refractivity contribution in [3.05, 3.63) is 36.7 Å². The molecule has 3 aromatic heterocycles. The van der Waals surface area contributed by atoms with Crippen LogP contribution in [0.2, 0.25) is 0 Å². The Morgan fingerprint density at radius 2 is 1.74 bits per heavy atom. The molecule has 31 heavy (non-hydrogen) atoms. The first-order valence-electron chi connectivity index (χ1n) is 10.7. The molecule has 8 heteroatoms. The zero-order valence-corrected chi connectivity index (χ0v) is 18.8. The first kappa shape index (κ1) is 21.2. The van der Waals surface area contributed by atoms with Crippen molar-refractivity contribution < 1.29 is 9.47 Å². The quantitative estimate of drug-likeness (QED) is 0.619. The molecule has 4 heterocycles. The van der Waals surface area contributed by atoms with Gasteiger partial charge < -0.3 is 14.8 Å². The number of aromatic amines is 1. The minimum Gasteiger partial charge on any atom is -0.478 e. The number of pyridine rings is 1. The van der Waals surface area contributed by atoms with Gasteiger partial charge in [-0.3, -0.25) is 5.10 Å². The maximum atomic E-state index is 6.18. The molecule has 0 aromatic carbocycles. The number of nitrogens with zero attached hydrogens (tertiary/aromatic N) is 4. The Morgan fingerprint density at radius 1 is 1.00 bits per heavy atom. The van der Waals surface area contributed by atoms with Crippen LogP contribution in [0.15, 0.2) is 36.7 Å². The second kappa shape index (κ2) is 8.26. The molecule has 0 unspecified atom stereocenters. The van der Waals surface area contributed by atoms with Crippen LogP contribution < -0.4 is 14.8 Å². The Kier molecular flexibility index (Phi) is 5.66. The predicted octanol–water partition coefficient (Wildman–Crippen LogP) is 4.02. The summed E-state index contributed by atoms with van der Waals surface area (Å²) in [6, 6.07) is 7.61. The molecule has 164 valence electrons. The summed E-state index contributed by atoms with van der Waals surface area (Å²) in [7, 11) is 0. The van der Waals surface area contributed by atoms with Crippen molar-refractivity contribution in [3.63, 3.8) is 0 Å². The molecule has 0 aliphatic carbocycles. The summed E-state index contributed by atoms with van der Waals surface area (Å²) in [5, 5.41) is 19.2. The van der Waals surface area contributed by atoms with Gasteiger partial charge in [-0.2, -0.15) is 5.10 Å². The van der Waals surface area contributed by atoms with Gasteiger partial charge >= 0.3 is 0 Å². The maximum Gasteiger partial charge on any atom is 0.233 e. The van der Waals surface area contributed by atoms with Crippen molar-refractivity contribution in [2.45, 2.75) is 64.6 Å². The lowest BCUT2D eigenvalue weighted by molar-refractivity contribution is 0.0524. The summed E-state index contributed by atoms with van der Waals surface area (Å²) >= 11 is 0. The fourth-order valence-electron chi connectivity index (χ4n) is 4.45. The zero-order valence-electron chi connectivity index (χ0n) is 18.8. The summed E-state index contributed by atoms with van der Waals surface area (Å²) in [5.74, 6) is 1.07. The van der Waals surface area contributed by atoms with E-state index in [1.807, 2.05) is 37.4 Å². The molecule has 1 aliphatic heterocycles. The summed E-state index contributed by atoms with van der Waals surface area (Å²) in [5.41, 5.74) is 3.18. The smallest absolute Gasteiger partial charge is 0.233 e. The maximum absolute atomic E-state index is 6.18. The first-order chi connectivity index (χ1) is 14.7. The van der Waals surface area contributed by atoms with E-state index in [2.05, 4.69) is 58.4 Å². The molecule has 8 nitrogen and oxygen atoms in total. The third-order valence-corrected chi connectivity index (χ3v) is 5.29. The van der Waals surface area contributed by atoms with Gasteiger partial charge in [-0.05, 0) is 52.8 Å². The Hall–Kier alpha value is -3.00. The highest BCUT2D eigenvalue weighted by Gasteiger charge is 2.38. The van der Waals surface area contributed by atoms with Gasteiger partial charge in [0.2, 0.25) is 11.8 Å². The van der Waals surface area contributed by atoms with Gasteiger partial charge in [-0.25, -0.2) is 4.98 Å². The second-order valence-corrected chi connectivity index (χ2v) is 9.27. The largest absolute Gasteiger partial charge is 0.478 e. The summed E-state index contributed by atoms with van der Waals surface area (Å²) in [6.07, 6.45) is 5.47. The third kappa shape index (κ3) is 5.02. The number of H-pyrrole nitrogens is 1. The van der Waals surface area contributed by atoms with E-state index in [1.54, 1.807) is 6.20 Å². The molecule has 0 radical (unpaired) electrons. The molecular formula is C23H30N6O2. The van der Waals surface area contributed by atoms with E-state index < -0.39 is 0 Å². The minimum absolute atomic E-state index is 0.0100. The van der Waals surface area contributed by atoms with Gasteiger partial charge in [0.05, 0.1) is 18.5 Å². The van der Waals surface area contributed by atoms with Gasteiger partial charge in [-0.1, -0.05) is 0 Å². The fourth-order valence-corrected chi connectivity index (χ4v) is 4.45. The lowest BCUT2D eigenvalue weighted by atomic mass is 9.81. The van der Waals surface area contributed by atoms with E-state index in [0.29, 0.717) is 29.8 Å². The SMILES string of the molecule is CCOc1nc(-c2ccc(OC3CC(C)(C)NC(C)(C)C3)nn2)ccc1-c1cn[nH]c1. The number of hydrogen-bond donors (Lipinski definition) is 2. The third-order valence-electron chi connectivity index (χ3n) is 5.29. The van der Waals surface area contributed by atoms with Crippen LogP contribution >= 0.6 is 0 Å². The van der Waals surface area contributed by atoms with Gasteiger partial charge in [0, 0.05) is 47.3 Å². The molecule has 0 bridgehead atoms. The lowest BCUT2D eigenvalue weighted by Crippen LogP contribution is -2.60. The van der Waals surface area contributed by atoms with Gasteiger partial charge in [0.15, 0.2) is 0 Å².